The first-order valence-corrected chi connectivity index (χ1v) is 5.47. The van der Waals surface area contributed by atoms with E-state index in [9.17, 15) is 4.79 Å². The molecule has 0 spiro atoms. The van der Waals surface area contributed by atoms with Gasteiger partial charge in [-0.1, -0.05) is 30.3 Å². The van der Waals surface area contributed by atoms with Crippen LogP contribution in [0, 0.1) is 18.3 Å². The predicted octanol–water partition coefficient (Wildman–Crippen LogP) is 3.23. The zero-order valence-electron chi connectivity index (χ0n) is 9.84. The molecule has 0 aliphatic rings. The van der Waals surface area contributed by atoms with Gasteiger partial charge in [-0.15, -0.1) is 0 Å². The van der Waals surface area contributed by atoms with Crippen LogP contribution in [-0.2, 0) is 0 Å². The van der Waals surface area contributed by atoms with Crippen LogP contribution in [0.4, 0.5) is 0 Å². The van der Waals surface area contributed by atoms with E-state index in [1.165, 1.54) is 0 Å². The molecule has 0 saturated carbocycles. The van der Waals surface area contributed by atoms with E-state index in [1.54, 1.807) is 37.3 Å². The van der Waals surface area contributed by atoms with E-state index in [0.717, 1.165) is 11.1 Å². The van der Waals surface area contributed by atoms with Gasteiger partial charge in [0.1, 0.15) is 0 Å². The maximum Gasteiger partial charge on any atom is 0.335 e. The third-order valence-electron chi connectivity index (χ3n) is 2.82. The Morgan fingerprint density at radius 3 is 2.56 bits per heavy atom. The zero-order chi connectivity index (χ0) is 13.1. The summed E-state index contributed by atoms with van der Waals surface area (Å²) < 4.78 is 0. The average Bonchev–Trinajstić information content (AvgIpc) is 2.38. The first-order valence-electron chi connectivity index (χ1n) is 5.47. The van der Waals surface area contributed by atoms with Crippen molar-refractivity contribution in [3.63, 3.8) is 0 Å². The predicted molar refractivity (Wildman–Crippen MR) is 68.3 cm³/mol. The summed E-state index contributed by atoms with van der Waals surface area (Å²) in [4.78, 5) is 10.9. The highest BCUT2D eigenvalue weighted by molar-refractivity contribution is 5.90. The fraction of sp³-hybridized carbons (Fsp3) is 0.0667. The molecule has 0 unspecified atom stereocenters. The molecule has 0 atom stereocenters. The normalized spacial score (nSPS) is 9.78. The highest BCUT2D eigenvalue weighted by Crippen LogP contribution is 2.25. The molecule has 2 rings (SSSR count). The molecule has 0 aliphatic carbocycles. The molecular formula is C15H11NO2. The number of aryl methyl sites for hydroxylation is 1. The molecule has 1 N–H and O–H groups in total. The minimum atomic E-state index is -0.937. The Morgan fingerprint density at radius 1 is 1.22 bits per heavy atom. The lowest BCUT2D eigenvalue weighted by Crippen LogP contribution is -1.99. The molecule has 3 heteroatoms. The standard InChI is InChI=1S/C15H11NO2/c1-10-8-11(6-7-13(10)15(17)18)14-5-3-2-4-12(14)9-16/h2-8H,1H3,(H,17,18). The van der Waals surface area contributed by atoms with Crippen LogP contribution in [0.1, 0.15) is 21.5 Å². The Morgan fingerprint density at radius 2 is 1.94 bits per heavy atom. The zero-order valence-corrected chi connectivity index (χ0v) is 9.84. The first kappa shape index (κ1) is 11.9. The van der Waals surface area contributed by atoms with Gasteiger partial charge in [-0.2, -0.15) is 5.26 Å². The van der Waals surface area contributed by atoms with Crippen molar-refractivity contribution in [1.82, 2.24) is 0 Å². The Balaban J connectivity index is 2.57. The number of benzene rings is 2. The summed E-state index contributed by atoms with van der Waals surface area (Å²) in [5.41, 5.74) is 3.23. The van der Waals surface area contributed by atoms with Gasteiger partial charge in [-0.05, 0) is 35.7 Å². The van der Waals surface area contributed by atoms with Crippen LogP contribution < -0.4 is 0 Å². The molecule has 0 bridgehead atoms. The van der Waals surface area contributed by atoms with Crippen molar-refractivity contribution >= 4 is 5.97 Å². The number of hydrogen-bond acceptors (Lipinski definition) is 2. The van der Waals surface area contributed by atoms with E-state index in [0.29, 0.717) is 11.1 Å². The van der Waals surface area contributed by atoms with Crippen LogP contribution in [0.5, 0.6) is 0 Å². The van der Waals surface area contributed by atoms with E-state index in [4.69, 9.17) is 10.4 Å². The maximum atomic E-state index is 10.9. The van der Waals surface area contributed by atoms with E-state index in [-0.39, 0.29) is 5.56 Å². The van der Waals surface area contributed by atoms with Crippen molar-refractivity contribution in [2.75, 3.05) is 0 Å². The van der Waals surface area contributed by atoms with Gasteiger partial charge in [-0.25, -0.2) is 4.79 Å². The quantitative estimate of drug-likeness (QED) is 0.872. The molecule has 0 amide bonds. The van der Waals surface area contributed by atoms with E-state index < -0.39 is 5.97 Å². The Bertz CT molecular complexity index is 654. The molecule has 3 nitrogen and oxygen atoms in total. The van der Waals surface area contributed by atoms with Crippen LogP contribution in [-0.4, -0.2) is 11.1 Å². The van der Waals surface area contributed by atoms with Crippen molar-refractivity contribution in [3.8, 4) is 17.2 Å². The van der Waals surface area contributed by atoms with Gasteiger partial charge in [0, 0.05) is 0 Å². The van der Waals surface area contributed by atoms with E-state index >= 15 is 0 Å². The molecule has 88 valence electrons. The SMILES string of the molecule is Cc1cc(-c2ccccc2C#N)ccc1C(=O)O. The number of nitriles is 1. The summed E-state index contributed by atoms with van der Waals surface area (Å²) in [6.07, 6.45) is 0. The smallest absolute Gasteiger partial charge is 0.335 e. The minimum Gasteiger partial charge on any atom is -0.478 e. The lowest BCUT2D eigenvalue weighted by molar-refractivity contribution is 0.0696. The average molecular weight is 237 g/mol. The molecule has 18 heavy (non-hydrogen) atoms. The topological polar surface area (TPSA) is 61.1 Å². The van der Waals surface area contributed by atoms with Crippen LogP contribution in [0.3, 0.4) is 0 Å². The molecule has 0 saturated heterocycles. The van der Waals surface area contributed by atoms with Gasteiger partial charge in [-0.3, -0.25) is 0 Å². The maximum absolute atomic E-state index is 10.9. The minimum absolute atomic E-state index is 0.285. The van der Waals surface area contributed by atoms with E-state index in [2.05, 4.69) is 6.07 Å². The lowest BCUT2D eigenvalue weighted by Gasteiger charge is -2.07. The van der Waals surface area contributed by atoms with Crippen molar-refractivity contribution in [1.29, 1.82) is 5.26 Å². The summed E-state index contributed by atoms with van der Waals surface area (Å²) in [7, 11) is 0. The van der Waals surface area contributed by atoms with Crippen LogP contribution in [0.25, 0.3) is 11.1 Å². The Labute approximate surface area is 105 Å². The Hall–Kier alpha value is -2.60. The third-order valence-corrected chi connectivity index (χ3v) is 2.82. The number of aromatic carboxylic acids is 1. The summed E-state index contributed by atoms with van der Waals surface area (Å²) in [6.45, 7) is 1.75. The number of nitrogens with zero attached hydrogens (tertiary/aromatic N) is 1. The number of carboxylic acids is 1. The van der Waals surface area contributed by atoms with Crippen LogP contribution in [0.2, 0.25) is 0 Å². The highest BCUT2D eigenvalue weighted by atomic mass is 16.4. The van der Waals surface area contributed by atoms with Crippen LogP contribution in [0.15, 0.2) is 42.5 Å². The number of rotatable bonds is 2. The van der Waals surface area contributed by atoms with Crippen molar-refractivity contribution in [2.24, 2.45) is 0 Å². The molecule has 0 radical (unpaired) electrons. The highest BCUT2D eigenvalue weighted by Gasteiger charge is 2.09. The third kappa shape index (κ3) is 2.09. The monoisotopic (exact) mass is 237 g/mol. The molecule has 0 aromatic heterocycles. The second kappa shape index (κ2) is 4.72. The van der Waals surface area contributed by atoms with Crippen molar-refractivity contribution in [3.05, 3.63) is 59.2 Å². The van der Waals surface area contributed by atoms with Gasteiger partial charge in [0.05, 0.1) is 17.2 Å². The summed E-state index contributed by atoms with van der Waals surface area (Å²) in [5, 5.41) is 18.0. The fourth-order valence-electron chi connectivity index (χ4n) is 1.90. The van der Waals surface area contributed by atoms with Gasteiger partial charge in [0.15, 0.2) is 0 Å². The summed E-state index contributed by atoms with van der Waals surface area (Å²) >= 11 is 0. The first-order chi connectivity index (χ1) is 8.63. The second-order valence-corrected chi connectivity index (χ2v) is 3.99. The lowest BCUT2D eigenvalue weighted by atomic mass is 9.97. The molecular weight excluding hydrogens is 226 g/mol. The van der Waals surface area contributed by atoms with E-state index in [1.807, 2.05) is 12.1 Å². The van der Waals surface area contributed by atoms with Crippen molar-refractivity contribution in [2.45, 2.75) is 6.92 Å². The molecule has 0 fully saturated rings. The number of carboxylic acid groups (broad SMARTS) is 1. The van der Waals surface area contributed by atoms with Crippen LogP contribution >= 0.6 is 0 Å². The van der Waals surface area contributed by atoms with Gasteiger partial charge >= 0.3 is 5.97 Å². The fourth-order valence-corrected chi connectivity index (χ4v) is 1.90. The largest absolute Gasteiger partial charge is 0.478 e. The van der Waals surface area contributed by atoms with Gasteiger partial charge in [0.2, 0.25) is 0 Å². The number of hydrogen-bond donors (Lipinski definition) is 1. The summed E-state index contributed by atoms with van der Waals surface area (Å²) in [6, 6.07) is 14.5. The van der Waals surface area contributed by atoms with Gasteiger partial charge < -0.3 is 5.11 Å². The molecule has 2 aromatic carbocycles. The van der Waals surface area contributed by atoms with Crippen molar-refractivity contribution < 1.29 is 9.90 Å². The molecule has 0 heterocycles. The van der Waals surface area contributed by atoms with Gasteiger partial charge in [0.25, 0.3) is 0 Å². The second-order valence-electron chi connectivity index (χ2n) is 3.99. The molecule has 0 aliphatic heterocycles. The Kier molecular flexibility index (Phi) is 3.11. The summed E-state index contributed by atoms with van der Waals surface area (Å²) in [5.74, 6) is -0.937. The molecule has 2 aromatic rings. The number of carbonyl (C=O) groups is 1.